The summed E-state index contributed by atoms with van der Waals surface area (Å²) in [5.41, 5.74) is 2.23. The lowest BCUT2D eigenvalue weighted by Crippen LogP contribution is -2.39. The summed E-state index contributed by atoms with van der Waals surface area (Å²) >= 11 is 0. The maximum atomic E-state index is 9.78. The normalized spacial score (nSPS) is 21.9. The molecule has 0 spiro atoms. The number of ether oxygens (including phenoxy) is 1. The molecule has 0 aromatic heterocycles. The van der Waals surface area contributed by atoms with Crippen LogP contribution >= 0.6 is 0 Å². The number of nitrogens with zero attached hydrogens (tertiary/aromatic N) is 1. The first kappa shape index (κ1) is 13.4. The van der Waals surface area contributed by atoms with Gasteiger partial charge >= 0.3 is 0 Å². The van der Waals surface area contributed by atoms with Crippen LogP contribution in [0.15, 0.2) is 24.3 Å². The monoisotopic (exact) mass is 249 g/mol. The van der Waals surface area contributed by atoms with Gasteiger partial charge in [-0.05, 0) is 37.0 Å². The maximum absolute atomic E-state index is 9.78. The SMILES string of the molecule is CCC(O)c1ccc(N2CCCC(OC)C2)cc1. The van der Waals surface area contributed by atoms with Crippen molar-refractivity contribution in [1.82, 2.24) is 0 Å². The Kier molecular flexibility index (Phi) is 4.61. The van der Waals surface area contributed by atoms with Gasteiger partial charge in [0.1, 0.15) is 0 Å². The fourth-order valence-electron chi connectivity index (χ4n) is 2.51. The van der Waals surface area contributed by atoms with Crippen molar-refractivity contribution in [2.45, 2.75) is 38.4 Å². The third-order valence-corrected chi connectivity index (χ3v) is 3.74. The average Bonchev–Trinajstić information content (AvgIpc) is 2.46. The van der Waals surface area contributed by atoms with Crippen molar-refractivity contribution < 1.29 is 9.84 Å². The molecule has 18 heavy (non-hydrogen) atoms. The lowest BCUT2D eigenvalue weighted by Gasteiger charge is -2.33. The van der Waals surface area contributed by atoms with Crippen LogP contribution in [0.5, 0.6) is 0 Å². The lowest BCUT2D eigenvalue weighted by atomic mass is 10.0. The number of methoxy groups -OCH3 is 1. The number of aliphatic hydroxyl groups is 1. The highest BCUT2D eigenvalue weighted by molar-refractivity contribution is 5.48. The molecule has 3 heteroatoms. The van der Waals surface area contributed by atoms with Crippen LogP contribution in [-0.2, 0) is 4.74 Å². The molecule has 1 aliphatic heterocycles. The van der Waals surface area contributed by atoms with Crippen molar-refractivity contribution in [2.24, 2.45) is 0 Å². The summed E-state index contributed by atoms with van der Waals surface area (Å²) < 4.78 is 5.44. The first-order chi connectivity index (χ1) is 8.74. The van der Waals surface area contributed by atoms with Crippen molar-refractivity contribution in [2.75, 3.05) is 25.1 Å². The third kappa shape index (κ3) is 3.03. The Morgan fingerprint density at radius 2 is 2.11 bits per heavy atom. The van der Waals surface area contributed by atoms with Crippen LogP contribution in [0.3, 0.4) is 0 Å². The second-order valence-corrected chi connectivity index (χ2v) is 4.96. The largest absolute Gasteiger partial charge is 0.388 e. The first-order valence-electron chi connectivity index (χ1n) is 6.80. The highest BCUT2D eigenvalue weighted by Crippen LogP contribution is 2.24. The van der Waals surface area contributed by atoms with E-state index in [0.717, 1.165) is 31.5 Å². The lowest BCUT2D eigenvalue weighted by molar-refractivity contribution is 0.0893. The van der Waals surface area contributed by atoms with E-state index in [-0.39, 0.29) is 6.10 Å². The number of anilines is 1. The van der Waals surface area contributed by atoms with Crippen LogP contribution in [0.1, 0.15) is 37.9 Å². The Hall–Kier alpha value is -1.06. The summed E-state index contributed by atoms with van der Waals surface area (Å²) in [5.74, 6) is 0. The zero-order chi connectivity index (χ0) is 13.0. The number of hydrogen-bond donors (Lipinski definition) is 1. The molecule has 0 aliphatic carbocycles. The maximum Gasteiger partial charge on any atom is 0.0787 e. The van der Waals surface area contributed by atoms with E-state index < -0.39 is 0 Å². The van der Waals surface area contributed by atoms with Crippen molar-refractivity contribution in [3.8, 4) is 0 Å². The van der Waals surface area contributed by atoms with E-state index >= 15 is 0 Å². The minimum absolute atomic E-state index is 0.341. The molecule has 0 bridgehead atoms. The van der Waals surface area contributed by atoms with Gasteiger partial charge in [-0.2, -0.15) is 0 Å². The molecule has 0 amide bonds. The Morgan fingerprint density at radius 3 is 2.72 bits per heavy atom. The molecule has 1 saturated heterocycles. The zero-order valence-electron chi connectivity index (χ0n) is 11.3. The summed E-state index contributed by atoms with van der Waals surface area (Å²) in [6.45, 7) is 4.05. The van der Waals surface area contributed by atoms with Crippen LogP contribution in [0.2, 0.25) is 0 Å². The molecule has 2 unspecified atom stereocenters. The molecular weight excluding hydrogens is 226 g/mol. The number of benzene rings is 1. The van der Waals surface area contributed by atoms with Crippen LogP contribution in [0, 0.1) is 0 Å². The molecular formula is C15H23NO2. The molecule has 1 fully saturated rings. The summed E-state index contributed by atoms with van der Waals surface area (Å²) in [7, 11) is 1.79. The number of piperidine rings is 1. The molecule has 100 valence electrons. The molecule has 3 nitrogen and oxygen atoms in total. The van der Waals surface area contributed by atoms with Crippen LogP contribution in [0.4, 0.5) is 5.69 Å². The molecule has 1 aliphatic rings. The summed E-state index contributed by atoms with van der Waals surface area (Å²) in [4.78, 5) is 2.36. The van der Waals surface area contributed by atoms with Crippen molar-refractivity contribution in [3.05, 3.63) is 29.8 Å². The molecule has 1 aromatic carbocycles. The van der Waals surface area contributed by atoms with Gasteiger partial charge < -0.3 is 14.7 Å². The van der Waals surface area contributed by atoms with E-state index in [0.29, 0.717) is 6.10 Å². The van der Waals surface area contributed by atoms with E-state index in [1.54, 1.807) is 7.11 Å². The number of aliphatic hydroxyl groups excluding tert-OH is 1. The van der Waals surface area contributed by atoms with Gasteiger partial charge in [0.05, 0.1) is 12.2 Å². The highest BCUT2D eigenvalue weighted by atomic mass is 16.5. The van der Waals surface area contributed by atoms with E-state index in [4.69, 9.17) is 4.74 Å². The summed E-state index contributed by atoms with van der Waals surface area (Å²) in [6.07, 6.45) is 3.10. The fraction of sp³-hybridized carbons (Fsp3) is 0.600. The van der Waals surface area contributed by atoms with Crippen molar-refractivity contribution in [3.63, 3.8) is 0 Å². The summed E-state index contributed by atoms with van der Waals surface area (Å²) in [5, 5.41) is 9.78. The zero-order valence-corrected chi connectivity index (χ0v) is 11.3. The smallest absolute Gasteiger partial charge is 0.0787 e. The second kappa shape index (κ2) is 6.21. The Labute approximate surface area is 109 Å². The van der Waals surface area contributed by atoms with E-state index in [2.05, 4.69) is 17.0 Å². The van der Waals surface area contributed by atoms with Gasteiger partial charge in [0.25, 0.3) is 0 Å². The molecule has 0 radical (unpaired) electrons. The number of hydrogen-bond acceptors (Lipinski definition) is 3. The van der Waals surface area contributed by atoms with Gasteiger partial charge in [-0.25, -0.2) is 0 Å². The van der Waals surface area contributed by atoms with Gasteiger partial charge in [-0.15, -0.1) is 0 Å². The van der Waals surface area contributed by atoms with E-state index in [1.165, 1.54) is 12.1 Å². The third-order valence-electron chi connectivity index (χ3n) is 3.74. The fourth-order valence-corrected chi connectivity index (χ4v) is 2.51. The van der Waals surface area contributed by atoms with E-state index in [1.807, 2.05) is 19.1 Å². The molecule has 0 saturated carbocycles. The predicted molar refractivity (Wildman–Crippen MR) is 73.9 cm³/mol. The van der Waals surface area contributed by atoms with Gasteiger partial charge in [0.15, 0.2) is 0 Å². The molecule has 2 rings (SSSR count). The van der Waals surface area contributed by atoms with Crippen LogP contribution in [-0.4, -0.2) is 31.4 Å². The predicted octanol–water partition coefficient (Wildman–Crippen LogP) is 2.75. The highest BCUT2D eigenvalue weighted by Gasteiger charge is 2.19. The second-order valence-electron chi connectivity index (χ2n) is 4.96. The van der Waals surface area contributed by atoms with Crippen molar-refractivity contribution in [1.29, 1.82) is 0 Å². The van der Waals surface area contributed by atoms with Crippen LogP contribution < -0.4 is 4.90 Å². The van der Waals surface area contributed by atoms with Gasteiger partial charge in [-0.3, -0.25) is 0 Å². The number of rotatable bonds is 4. The Bertz CT molecular complexity index is 363. The van der Waals surface area contributed by atoms with Crippen molar-refractivity contribution >= 4 is 5.69 Å². The molecule has 2 atom stereocenters. The van der Waals surface area contributed by atoms with Gasteiger partial charge in [0.2, 0.25) is 0 Å². The molecule has 1 heterocycles. The Morgan fingerprint density at radius 1 is 1.39 bits per heavy atom. The van der Waals surface area contributed by atoms with Gasteiger partial charge in [0, 0.05) is 25.9 Å². The summed E-state index contributed by atoms with van der Waals surface area (Å²) in [6, 6.07) is 8.26. The first-order valence-corrected chi connectivity index (χ1v) is 6.80. The molecule has 1 aromatic rings. The van der Waals surface area contributed by atoms with Gasteiger partial charge in [-0.1, -0.05) is 19.1 Å². The quantitative estimate of drug-likeness (QED) is 0.890. The average molecular weight is 249 g/mol. The standard InChI is InChI=1S/C15H23NO2/c1-3-15(17)12-6-8-13(9-7-12)16-10-4-5-14(11-16)18-2/h6-9,14-15,17H,3-5,10-11H2,1-2H3. The Balaban J connectivity index is 2.04. The minimum atomic E-state index is -0.341. The van der Waals surface area contributed by atoms with E-state index in [9.17, 15) is 5.11 Å². The topological polar surface area (TPSA) is 32.7 Å². The minimum Gasteiger partial charge on any atom is -0.388 e. The molecule has 1 N–H and O–H groups in total. The van der Waals surface area contributed by atoms with Crippen LogP contribution in [0.25, 0.3) is 0 Å².